The van der Waals surface area contributed by atoms with Crippen molar-refractivity contribution >= 4 is 16.8 Å². The number of ether oxygens (including phenoxy) is 1. The molecule has 0 radical (unpaired) electrons. The minimum Gasteiger partial charge on any atom is -0.376 e. The first-order chi connectivity index (χ1) is 15.0. The monoisotopic (exact) mass is 418 g/mol. The summed E-state index contributed by atoms with van der Waals surface area (Å²) in [6.07, 6.45) is 7.90. The van der Waals surface area contributed by atoms with E-state index in [1.165, 1.54) is 0 Å². The molecule has 1 amide bonds. The smallest absolute Gasteiger partial charge is 0.254 e. The van der Waals surface area contributed by atoms with E-state index in [2.05, 4.69) is 27.6 Å². The van der Waals surface area contributed by atoms with Crippen molar-refractivity contribution in [2.75, 3.05) is 33.3 Å². The highest BCUT2D eigenvalue weighted by Gasteiger charge is 2.51. The van der Waals surface area contributed by atoms with Crippen LogP contribution in [0.15, 0.2) is 55.0 Å². The number of hydrogen-bond donors (Lipinski definition) is 0. The van der Waals surface area contributed by atoms with Gasteiger partial charge in [0.25, 0.3) is 5.91 Å². The molecule has 1 atom stereocenters. The summed E-state index contributed by atoms with van der Waals surface area (Å²) in [5, 5.41) is 1.12. The van der Waals surface area contributed by atoms with Crippen molar-refractivity contribution in [2.45, 2.75) is 25.0 Å². The highest BCUT2D eigenvalue weighted by Crippen LogP contribution is 2.39. The first kappa shape index (κ1) is 20.2. The van der Waals surface area contributed by atoms with E-state index in [1.807, 2.05) is 54.7 Å². The lowest BCUT2D eigenvalue weighted by Crippen LogP contribution is -2.72. The fourth-order valence-corrected chi connectivity index (χ4v) is 5.15. The number of aryl methyl sites for hydroxylation is 1. The van der Waals surface area contributed by atoms with E-state index in [-0.39, 0.29) is 11.4 Å². The molecule has 1 unspecified atom stereocenters. The maximum Gasteiger partial charge on any atom is 0.254 e. The minimum absolute atomic E-state index is 0.0904. The zero-order valence-electron chi connectivity index (χ0n) is 18.3. The van der Waals surface area contributed by atoms with Crippen LogP contribution < -0.4 is 0 Å². The molecule has 6 heteroatoms. The van der Waals surface area contributed by atoms with Crippen molar-refractivity contribution in [3.8, 4) is 0 Å². The maximum atomic E-state index is 13.1. The molecule has 1 spiro atoms. The number of fused-ring (bicyclic) bond motifs is 1. The Labute approximate surface area is 183 Å². The van der Waals surface area contributed by atoms with Gasteiger partial charge in [-0.3, -0.25) is 14.7 Å². The Morgan fingerprint density at radius 3 is 2.90 bits per heavy atom. The molecule has 1 aromatic carbocycles. The number of hydrogen-bond acceptors (Lipinski definition) is 4. The predicted octanol–water partition coefficient (Wildman–Crippen LogP) is 3.33. The highest BCUT2D eigenvalue weighted by atomic mass is 16.5. The Hall–Kier alpha value is -2.70. The maximum absolute atomic E-state index is 13.1. The summed E-state index contributed by atoms with van der Waals surface area (Å²) in [5.41, 5.74) is 3.13. The van der Waals surface area contributed by atoms with Crippen molar-refractivity contribution in [3.05, 3.63) is 66.1 Å². The molecule has 0 N–H and O–H groups in total. The van der Waals surface area contributed by atoms with Crippen molar-refractivity contribution in [1.29, 1.82) is 0 Å². The van der Waals surface area contributed by atoms with Crippen LogP contribution in [0.3, 0.4) is 0 Å². The summed E-state index contributed by atoms with van der Waals surface area (Å²) in [5.74, 6) is 0.672. The number of benzene rings is 1. The summed E-state index contributed by atoms with van der Waals surface area (Å²) in [6, 6.07) is 12.1. The molecule has 2 aromatic heterocycles. The van der Waals surface area contributed by atoms with E-state index in [4.69, 9.17) is 4.74 Å². The van der Waals surface area contributed by atoms with Gasteiger partial charge < -0.3 is 14.2 Å². The van der Waals surface area contributed by atoms with E-state index in [0.717, 1.165) is 61.1 Å². The van der Waals surface area contributed by atoms with Gasteiger partial charge in [-0.25, -0.2) is 0 Å². The van der Waals surface area contributed by atoms with Crippen LogP contribution in [0.5, 0.6) is 0 Å². The van der Waals surface area contributed by atoms with Crippen molar-refractivity contribution in [3.63, 3.8) is 0 Å². The Bertz CT molecular complexity index is 1070. The molecular weight excluding hydrogens is 388 g/mol. The number of likely N-dealkylation sites (N-methyl/N-ethyl adjacent to an activating group) is 1. The van der Waals surface area contributed by atoms with E-state index in [0.29, 0.717) is 12.5 Å². The quantitative estimate of drug-likeness (QED) is 0.638. The molecule has 0 bridgehead atoms. The van der Waals surface area contributed by atoms with Gasteiger partial charge in [-0.2, -0.15) is 0 Å². The number of nitrogens with zero attached hydrogens (tertiary/aromatic N) is 4. The molecule has 6 nitrogen and oxygen atoms in total. The SMILES string of the molecule is CN1CCC(COCc2cccnc2)CC12CN(C(=O)c1ccc3c(ccn3C)c1)C2. The summed E-state index contributed by atoms with van der Waals surface area (Å²) in [7, 11) is 4.23. The third kappa shape index (κ3) is 3.86. The lowest BCUT2D eigenvalue weighted by Gasteiger charge is -2.58. The van der Waals surface area contributed by atoms with Crippen LogP contribution in [0.2, 0.25) is 0 Å². The van der Waals surface area contributed by atoms with Gasteiger partial charge in [0.1, 0.15) is 0 Å². The van der Waals surface area contributed by atoms with E-state index < -0.39 is 0 Å². The molecule has 162 valence electrons. The first-order valence-electron chi connectivity index (χ1n) is 11.1. The van der Waals surface area contributed by atoms with Crippen LogP contribution in [-0.2, 0) is 18.4 Å². The van der Waals surface area contributed by atoms with E-state index >= 15 is 0 Å². The first-order valence-corrected chi connectivity index (χ1v) is 11.1. The lowest BCUT2D eigenvalue weighted by molar-refractivity contribution is -0.0768. The average molecular weight is 419 g/mol. The third-order valence-corrected chi connectivity index (χ3v) is 7.09. The second-order valence-electron chi connectivity index (χ2n) is 9.24. The molecule has 4 heterocycles. The molecule has 5 rings (SSSR count). The van der Waals surface area contributed by atoms with Crippen molar-refractivity contribution in [1.82, 2.24) is 19.4 Å². The molecule has 2 fully saturated rings. The molecule has 31 heavy (non-hydrogen) atoms. The van der Waals surface area contributed by atoms with Gasteiger partial charge in [0.2, 0.25) is 0 Å². The van der Waals surface area contributed by atoms with Gasteiger partial charge in [0.05, 0.1) is 12.1 Å². The predicted molar refractivity (Wildman–Crippen MR) is 121 cm³/mol. The summed E-state index contributed by atoms with van der Waals surface area (Å²) in [4.78, 5) is 21.7. The number of pyridine rings is 1. The lowest BCUT2D eigenvalue weighted by atomic mass is 9.75. The Morgan fingerprint density at radius 2 is 2.10 bits per heavy atom. The van der Waals surface area contributed by atoms with Gasteiger partial charge >= 0.3 is 0 Å². The second-order valence-corrected chi connectivity index (χ2v) is 9.24. The van der Waals surface area contributed by atoms with Crippen molar-refractivity contribution < 1.29 is 9.53 Å². The third-order valence-electron chi connectivity index (χ3n) is 7.09. The Balaban J connectivity index is 1.19. The van der Waals surface area contributed by atoms with Crippen LogP contribution in [-0.4, -0.2) is 64.1 Å². The van der Waals surface area contributed by atoms with Crippen LogP contribution in [0, 0.1) is 5.92 Å². The molecule has 2 aliphatic heterocycles. The number of carbonyl (C=O) groups excluding carboxylic acids is 1. The summed E-state index contributed by atoms with van der Waals surface area (Å²) < 4.78 is 8.08. The molecule has 2 saturated heterocycles. The van der Waals surface area contributed by atoms with Gasteiger partial charge in [-0.05, 0) is 68.2 Å². The second kappa shape index (κ2) is 8.09. The minimum atomic E-state index is 0.0904. The highest BCUT2D eigenvalue weighted by molar-refractivity contribution is 5.98. The fourth-order valence-electron chi connectivity index (χ4n) is 5.15. The van der Waals surface area contributed by atoms with Crippen LogP contribution in [0.1, 0.15) is 28.8 Å². The Morgan fingerprint density at radius 1 is 1.23 bits per heavy atom. The molecule has 2 aliphatic rings. The zero-order chi connectivity index (χ0) is 21.4. The Kier molecular flexibility index (Phi) is 5.28. The van der Waals surface area contributed by atoms with Gasteiger partial charge in [0.15, 0.2) is 0 Å². The normalized spacial score (nSPS) is 20.8. The largest absolute Gasteiger partial charge is 0.376 e. The van der Waals surface area contributed by atoms with Gasteiger partial charge in [-0.15, -0.1) is 0 Å². The summed E-state index contributed by atoms with van der Waals surface area (Å²) >= 11 is 0. The summed E-state index contributed by atoms with van der Waals surface area (Å²) in [6.45, 7) is 4.03. The van der Waals surface area contributed by atoms with Crippen LogP contribution in [0.4, 0.5) is 0 Å². The average Bonchev–Trinajstić information content (AvgIpc) is 3.14. The number of likely N-dealkylation sites (tertiary alicyclic amines) is 2. The molecule has 0 aliphatic carbocycles. The number of amides is 1. The topological polar surface area (TPSA) is 50.6 Å². The number of carbonyl (C=O) groups is 1. The van der Waals surface area contributed by atoms with Crippen LogP contribution >= 0.6 is 0 Å². The fraction of sp³-hybridized carbons (Fsp3) is 0.440. The van der Waals surface area contributed by atoms with Gasteiger partial charge in [0, 0.05) is 61.8 Å². The number of rotatable bonds is 5. The standard InChI is InChI=1S/C25H30N4O2/c1-27-10-8-21-12-22(5-6-23(21)27)24(30)29-17-25(18-29)13-19(7-11-28(25)2)15-31-16-20-4-3-9-26-14-20/h3-6,8-10,12,14,19H,7,11,13,15-18H2,1-2H3. The van der Waals surface area contributed by atoms with E-state index in [9.17, 15) is 4.79 Å². The van der Waals surface area contributed by atoms with Crippen molar-refractivity contribution in [2.24, 2.45) is 13.0 Å². The zero-order valence-corrected chi connectivity index (χ0v) is 18.3. The van der Waals surface area contributed by atoms with E-state index in [1.54, 1.807) is 6.20 Å². The van der Waals surface area contributed by atoms with Gasteiger partial charge in [-0.1, -0.05) is 6.07 Å². The molecular formula is C25H30N4O2. The number of aromatic nitrogens is 2. The molecule has 0 saturated carbocycles. The molecule has 3 aromatic rings. The van der Waals surface area contributed by atoms with Crippen LogP contribution in [0.25, 0.3) is 10.9 Å². The number of piperidine rings is 1.